The lowest BCUT2D eigenvalue weighted by molar-refractivity contribution is -0.272. The summed E-state index contributed by atoms with van der Waals surface area (Å²) in [5.41, 5.74) is 1.76. The van der Waals surface area contributed by atoms with E-state index < -0.39 is 63.3 Å². The Morgan fingerprint density at radius 2 is 1.31 bits per heavy atom. The molecule has 2 aliphatic rings. The van der Waals surface area contributed by atoms with Gasteiger partial charge in [-0.1, -0.05) is 35.4 Å². The fourth-order valence-corrected chi connectivity index (χ4v) is 5.82. The predicted molar refractivity (Wildman–Crippen MR) is 122 cm³/mol. The maximum absolute atomic E-state index is 12.7. The average molecular weight is 529 g/mol. The molecule has 12 heteroatoms. The lowest BCUT2D eigenvalue weighted by Gasteiger charge is -2.28. The van der Waals surface area contributed by atoms with E-state index in [4.69, 9.17) is 22.6 Å². The Morgan fingerprint density at radius 1 is 0.829 bits per heavy atom. The van der Waals surface area contributed by atoms with E-state index in [-0.39, 0.29) is 9.79 Å². The molecule has 2 saturated heterocycles. The molecule has 2 heterocycles. The molecule has 4 rings (SSSR count). The highest BCUT2D eigenvalue weighted by Crippen LogP contribution is 2.46. The highest BCUT2D eigenvalue weighted by molar-refractivity contribution is 7.87. The Labute approximate surface area is 205 Å². The summed E-state index contributed by atoms with van der Waals surface area (Å²) in [4.78, 5) is -0.108. The van der Waals surface area contributed by atoms with Gasteiger partial charge < -0.3 is 19.3 Å². The molecule has 10 nitrogen and oxygen atoms in total. The summed E-state index contributed by atoms with van der Waals surface area (Å²) < 4.78 is 78.3. The van der Waals surface area contributed by atoms with Crippen molar-refractivity contribution in [3.8, 4) is 0 Å². The van der Waals surface area contributed by atoms with E-state index in [1.807, 2.05) is 13.8 Å². The first-order valence-corrected chi connectivity index (χ1v) is 13.7. The number of benzene rings is 2. The van der Waals surface area contributed by atoms with Crippen LogP contribution in [0.2, 0.25) is 0 Å². The van der Waals surface area contributed by atoms with E-state index in [0.717, 1.165) is 11.1 Å². The van der Waals surface area contributed by atoms with Crippen molar-refractivity contribution in [2.24, 2.45) is 0 Å². The Bertz CT molecular complexity index is 1270. The number of fused-ring (bicyclic) bond motifs is 1. The summed E-state index contributed by atoms with van der Waals surface area (Å²) in [6, 6.07) is 12.2. The highest BCUT2D eigenvalue weighted by atomic mass is 32.2. The third-order valence-corrected chi connectivity index (χ3v) is 8.30. The van der Waals surface area contributed by atoms with Crippen LogP contribution in [0.25, 0.3) is 0 Å². The van der Waals surface area contributed by atoms with E-state index >= 15 is 0 Å². The lowest BCUT2D eigenvalue weighted by atomic mass is 10.1. The second-order valence-electron chi connectivity index (χ2n) is 9.08. The van der Waals surface area contributed by atoms with Gasteiger partial charge in [0.25, 0.3) is 20.2 Å². The van der Waals surface area contributed by atoms with Gasteiger partial charge in [0.15, 0.2) is 5.79 Å². The molecule has 2 aromatic carbocycles. The van der Waals surface area contributed by atoms with Crippen LogP contribution in [-0.4, -0.2) is 65.0 Å². The van der Waals surface area contributed by atoms with E-state index in [0.29, 0.717) is 0 Å². The second-order valence-corrected chi connectivity index (χ2v) is 12.3. The van der Waals surface area contributed by atoms with Crippen molar-refractivity contribution in [2.75, 3.05) is 13.2 Å². The molecule has 0 spiro atoms. The third-order valence-electron chi connectivity index (χ3n) is 5.73. The summed E-state index contributed by atoms with van der Waals surface area (Å²) in [5.74, 6) is -3.02. The van der Waals surface area contributed by atoms with Gasteiger partial charge in [-0.05, 0) is 52.0 Å². The van der Waals surface area contributed by atoms with Crippen LogP contribution in [0.5, 0.6) is 0 Å². The van der Waals surface area contributed by atoms with E-state index in [2.05, 4.69) is 0 Å². The quantitative estimate of drug-likeness (QED) is 0.507. The standard InChI is InChI=1S/C23H28O10S2/c1-15-5-9-17(10-6-15)34(25,26)29-13-19-20(24)21-23(31-19,33-22(3,4)32-21)14-30-35(27,28)18-11-7-16(2)8-12-18/h5-12,19-21,24H,13-14H2,1-4H3. The number of ether oxygens (including phenoxy) is 3. The normalized spacial score (nSPS) is 28.2. The first-order valence-electron chi connectivity index (χ1n) is 10.9. The Balaban J connectivity index is 1.50. The zero-order valence-corrected chi connectivity index (χ0v) is 21.3. The number of hydrogen-bond acceptors (Lipinski definition) is 10. The summed E-state index contributed by atoms with van der Waals surface area (Å²) in [6.45, 7) is 5.61. The zero-order valence-electron chi connectivity index (χ0n) is 19.7. The number of aryl methyl sites for hydroxylation is 2. The molecule has 2 fully saturated rings. The van der Waals surface area contributed by atoms with Crippen molar-refractivity contribution in [3.05, 3.63) is 59.7 Å². The van der Waals surface area contributed by atoms with Gasteiger partial charge in [0, 0.05) is 0 Å². The van der Waals surface area contributed by atoms with Crippen LogP contribution < -0.4 is 0 Å². The molecule has 2 aromatic rings. The molecule has 0 saturated carbocycles. The van der Waals surface area contributed by atoms with Crippen molar-refractivity contribution < 1.29 is 44.5 Å². The van der Waals surface area contributed by atoms with Gasteiger partial charge in [-0.2, -0.15) is 16.8 Å². The van der Waals surface area contributed by atoms with Crippen molar-refractivity contribution in [1.29, 1.82) is 0 Å². The number of rotatable bonds is 8. The maximum Gasteiger partial charge on any atom is 0.297 e. The van der Waals surface area contributed by atoms with Gasteiger partial charge in [-0.15, -0.1) is 0 Å². The van der Waals surface area contributed by atoms with Crippen LogP contribution in [0.4, 0.5) is 0 Å². The fourth-order valence-electron chi connectivity index (χ4n) is 3.98. The molecular formula is C23H28O10S2. The first-order chi connectivity index (χ1) is 16.2. The lowest BCUT2D eigenvalue weighted by Crippen LogP contribution is -2.45. The minimum atomic E-state index is -4.18. The molecule has 0 aliphatic carbocycles. The molecule has 0 bridgehead atoms. The summed E-state index contributed by atoms with van der Waals surface area (Å²) in [6.07, 6.45) is -3.72. The van der Waals surface area contributed by atoms with Gasteiger partial charge in [0.05, 0.1) is 16.4 Å². The summed E-state index contributed by atoms with van der Waals surface area (Å²) in [5, 5.41) is 10.8. The van der Waals surface area contributed by atoms with Crippen LogP contribution in [-0.2, 0) is 42.8 Å². The molecule has 1 N–H and O–H groups in total. The van der Waals surface area contributed by atoms with Gasteiger partial charge >= 0.3 is 0 Å². The number of aliphatic hydroxyl groups is 1. The summed E-state index contributed by atoms with van der Waals surface area (Å²) in [7, 11) is -8.31. The first kappa shape index (κ1) is 26.2. The molecule has 4 unspecified atom stereocenters. The van der Waals surface area contributed by atoms with E-state index in [1.165, 1.54) is 24.3 Å². The number of hydrogen-bond donors (Lipinski definition) is 1. The van der Waals surface area contributed by atoms with Gasteiger partial charge in [0.1, 0.15) is 24.9 Å². The molecule has 0 amide bonds. The van der Waals surface area contributed by atoms with Crippen molar-refractivity contribution in [2.45, 2.75) is 67.4 Å². The van der Waals surface area contributed by atoms with E-state index in [1.54, 1.807) is 38.1 Å². The topological polar surface area (TPSA) is 135 Å². The molecule has 0 radical (unpaired) electrons. The minimum Gasteiger partial charge on any atom is -0.387 e. The second kappa shape index (κ2) is 9.20. The van der Waals surface area contributed by atoms with Gasteiger partial charge in [0.2, 0.25) is 5.79 Å². The average Bonchev–Trinajstić information content (AvgIpc) is 3.19. The Hall–Kier alpha value is -1.90. The smallest absolute Gasteiger partial charge is 0.297 e. The van der Waals surface area contributed by atoms with Crippen molar-refractivity contribution >= 4 is 20.2 Å². The summed E-state index contributed by atoms with van der Waals surface area (Å²) >= 11 is 0. The monoisotopic (exact) mass is 528 g/mol. The van der Waals surface area contributed by atoms with Crippen molar-refractivity contribution in [1.82, 2.24) is 0 Å². The molecule has 0 aromatic heterocycles. The maximum atomic E-state index is 12.7. The van der Waals surface area contributed by atoms with Crippen LogP contribution in [0.15, 0.2) is 58.3 Å². The van der Waals surface area contributed by atoms with Crippen LogP contribution >= 0.6 is 0 Å². The molecular weight excluding hydrogens is 500 g/mol. The van der Waals surface area contributed by atoms with Crippen LogP contribution in [0, 0.1) is 13.8 Å². The van der Waals surface area contributed by atoms with Crippen LogP contribution in [0.1, 0.15) is 25.0 Å². The van der Waals surface area contributed by atoms with Gasteiger partial charge in [-0.25, -0.2) is 0 Å². The van der Waals surface area contributed by atoms with E-state index in [9.17, 15) is 21.9 Å². The molecule has 2 aliphatic heterocycles. The Kier molecular flexibility index (Phi) is 6.88. The van der Waals surface area contributed by atoms with Gasteiger partial charge in [-0.3, -0.25) is 8.37 Å². The predicted octanol–water partition coefficient (Wildman–Crippen LogP) is 2.02. The number of aliphatic hydroxyl groups excluding tert-OH is 1. The largest absolute Gasteiger partial charge is 0.387 e. The SMILES string of the molecule is Cc1ccc(S(=O)(=O)OCC2OC3(COS(=O)(=O)c4ccc(C)cc4)OC(C)(C)OC3C2O)cc1. The Morgan fingerprint density at radius 3 is 1.83 bits per heavy atom. The highest BCUT2D eigenvalue weighted by Gasteiger charge is 2.65. The minimum absolute atomic E-state index is 0.0494. The molecule has 4 atom stereocenters. The zero-order chi connectivity index (χ0) is 25.6. The fraction of sp³-hybridized carbons (Fsp3) is 0.478. The molecule has 35 heavy (non-hydrogen) atoms. The molecule has 192 valence electrons. The van der Waals surface area contributed by atoms with Crippen molar-refractivity contribution in [3.63, 3.8) is 0 Å². The van der Waals surface area contributed by atoms with Crippen LogP contribution in [0.3, 0.4) is 0 Å². The third kappa shape index (κ3) is 5.44.